The van der Waals surface area contributed by atoms with E-state index in [0.717, 1.165) is 38.1 Å². The number of hydrogen-bond acceptors (Lipinski definition) is 2. The van der Waals surface area contributed by atoms with Crippen LogP contribution in [0.5, 0.6) is 0 Å². The van der Waals surface area contributed by atoms with Crippen LogP contribution >= 0.6 is 0 Å². The third-order valence-corrected chi connectivity index (χ3v) is 4.70. The molecule has 0 amide bonds. The molecule has 0 spiro atoms. The van der Waals surface area contributed by atoms with Gasteiger partial charge in [-0.2, -0.15) is 0 Å². The molecule has 2 aliphatic rings. The molecule has 1 aromatic rings. The highest BCUT2D eigenvalue weighted by Gasteiger charge is 2.25. The first-order chi connectivity index (χ1) is 9.72. The maximum Gasteiger partial charge on any atom is 0.306 e. The van der Waals surface area contributed by atoms with Gasteiger partial charge in [-0.25, -0.2) is 0 Å². The van der Waals surface area contributed by atoms with E-state index < -0.39 is 5.97 Å². The monoisotopic (exact) mass is 273 g/mol. The summed E-state index contributed by atoms with van der Waals surface area (Å²) in [6, 6.07) is 9.45. The quantitative estimate of drug-likeness (QED) is 0.865. The summed E-state index contributed by atoms with van der Waals surface area (Å²) in [6.07, 6.45) is 6.30. The van der Waals surface area contributed by atoms with Crippen LogP contribution in [0.3, 0.4) is 0 Å². The number of benzene rings is 1. The van der Waals surface area contributed by atoms with Crippen molar-refractivity contribution in [2.45, 2.75) is 57.0 Å². The van der Waals surface area contributed by atoms with E-state index in [4.69, 9.17) is 5.11 Å². The molecule has 0 radical (unpaired) electrons. The minimum atomic E-state index is -0.626. The smallest absolute Gasteiger partial charge is 0.306 e. The number of hydrogen-bond donors (Lipinski definition) is 2. The summed E-state index contributed by atoms with van der Waals surface area (Å²) < 4.78 is 0. The van der Waals surface area contributed by atoms with Gasteiger partial charge >= 0.3 is 5.97 Å². The molecule has 2 N–H and O–H groups in total. The Hall–Kier alpha value is -1.35. The van der Waals surface area contributed by atoms with Crippen molar-refractivity contribution in [1.82, 2.24) is 5.32 Å². The second-order valence-corrected chi connectivity index (χ2v) is 6.28. The maximum atomic E-state index is 10.9. The van der Waals surface area contributed by atoms with Crippen LogP contribution in [0.4, 0.5) is 0 Å². The molecule has 2 saturated carbocycles. The topological polar surface area (TPSA) is 49.3 Å². The Balaban J connectivity index is 1.44. The second-order valence-electron chi connectivity index (χ2n) is 6.28. The zero-order valence-electron chi connectivity index (χ0n) is 11.8. The average Bonchev–Trinajstić information content (AvgIpc) is 3.31. The van der Waals surface area contributed by atoms with E-state index in [2.05, 4.69) is 29.6 Å². The predicted molar refractivity (Wildman–Crippen MR) is 78.6 cm³/mol. The zero-order valence-corrected chi connectivity index (χ0v) is 11.8. The van der Waals surface area contributed by atoms with E-state index in [0.29, 0.717) is 6.04 Å². The van der Waals surface area contributed by atoms with E-state index in [1.54, 1.807) is 0 Å². The van der Waals surface area contributed by atoms with Crippen molar-refractivity contribution in [3.05, 3.63) is 35.4 Å². The Morgan fingerprint density at radius 3 is 2.25 bits per heavy atom. The number of aliphatic carboxylic acids is 1. The first kappa shape index (κ1) is 13.6. The van der Waals surface area contributed by atoms with Gasteiger partial charge < -0.3 is 10.4 Å². The third kappa shape index (κ3) is 3.40. The summed E-state index contributed by atoms with van der Waals surface area (Å²) in [4.78, 5) is 10.9. The molecule has 0 bridgehead atoms. The predicted octanol–water partition coefficient (Wildman–Crippen LogP) is 3.30. The summed E-state index contributed by atoms with van der Waals surface area (Å²) in [5, 5.41) is 12.6. The molecular weight excluding hydrogens is 250 g/mol. The van der Waals surface area contributed by atoms with Crippen molar-refractivity contribution in [2.75, 3.05) is 0 Å². The van der Waals surface area contributed by atoms with Crippen LogP contribution in [-0.4, -0.2) is 17.1 Å². The van der Waals surface area contributed by atoms with Gasteiger partial charge in [0, 0.05) is 12.6 Å². The van der Waals surface area contributed by atoms with Crippen LogP contribution in [0, 0.1) is 5.92 Å². The molecule has 0 atom stereocenters. The summed E-state index contributed by atoms with van der Waals surface area (Å²) in [5.74, 6) is 0.0771. The van der Waals surface area contributed by atoms with Crippen LogP contribution in [0.15, 0.2) is 24.3 Å². The van der Waals surface area contributed by atoms with E-state index in [1.165, 1.54) is 24.0 Å². The lowest BCUT2D eigenvalue weighted by atomic mass is 9.86. The summed E-state index contributed by atoms with van der Waals surface area (Å²) in [6.45, 7) is 0.896. The van der Waals surface area contributed by atoms with E-state index in [1.807, 2.05) is 0 Å². The fraction of sp³-hybridized carbons (Fsp3) is 0.588. The third-order valence-electron chi connectivity index (χ3n) is 4.70. The van der Waals surface area contributed by atoms with Crippen LogP contribution in [0.1, 0.15) is 55.6 Å². The highest BCUT2D eigenvalue weighted by Crippen LogP contribution is 2.39. The second kappa shape index (κ2) is 5.96. The molecule has 0 saturated heterocycles. The van der Waals surface area contributed by atoms with Gasteiger partial charge in [-0.3, -0.25) is 4.79 Å². The summed E-state index contributed by atoms with van der Waals surface area (Å²) >= 11 is 0. The first-order valence-electron chi connectivity index (χ1n) is 7.77. The minimum absolute atomic E-state index is 0.120. The van der Waals surface area contributed by atoms with Gasteiger partial charge in [0.2, 0.25) is 0 Å². The van der Waals surface area contributed by atoms with Crippen LogP contribution < -0.4 is 5.32 Å². The summed E-state index contributed by atoms with van der Waals surface area (Å²) in [7, 11) is 0. The van der Waals surface area contributed by atoms with Crippen molar-refractivity contribution in [3.63, 3.8) is 0 Å². The van der Waals surface area contributed by atoms with Crippen molar-refractivity contribution >= 4 is 5.97 Å². The largest absolute Gasteiger partial charge is 0.481 e. The standard InChI is InChI=1S/C17H23NO2/c19-17(20)15-7-9-16(10-8-15)18-11-12-1-3-13(4-2-12)14-5-6-14/h1-4,14-16,18H,5-11H2,(H,19,20). The molecule has 0 heterocycles. The molecule has 3 rings (SSSR count). The van der Waals surface area contributed by atoms with E-state index in [-0.39, 0.29) is 5.92 Å². The van der Waals surface area contributed by atoms with Crippen molar-refractivity contribution in [1.29, 1.82) is 0 Å². The Bertz CT molecular complexity index is 456. The normalized spacial score (nSPS) is 26.4. The van der Waals surface area contributed by atoms with E-state index >= 15 is 0 Å². The average molecular weight is 273 g/mol. The van der Waals surface area contributed by atoms with Gasteiger partial charge in [0.15, 0.2) is 0 Å². The molecule has 0 aromatic heterocycles. The molecule has 0 unspecified atom stereocenters. The fourth-order valence-electron chi connectivity index (χ4n) is 3.13. The van der Waals surface area contributed by atoms with E-state index in [9.17, 15) is 4.79 Å². The molecule has 3 heteroatoms. The van der Waals surface area contributed by atoms with Crippen molar-refractivity contribution < 1.29 is 9.90 Å². The highest BCUT2D eigenvalue weighted by molar-refractivity contribution is 5.70. The van der Waals surface area contributed by atoms with Crippen LogP contribution in [0.25, 0.3) is 0 Å². The fourth-order valence-corrected chi connectivity index (χ4v) is 3.13. The molecule has 2 aliphatic carbocycles. The minimum Gasteiger partial charge on any atom is -0.481 e. The van der Waals surface area contributed by atoms with Crippen LogP contribution in [-0.2, 0) is 11.3 Å². The Kier molecular flexibility index (Phi) is 4.06. The molecule has 108 valence electrons. The molecule has 1 aromatic carbocycles. The highest BCUT2D eigenvalue weighted by atomic mass is 16.4. The van der Waals surface area contributed by atoms with Crippen molar-refractivity contribution in [2.24, 2.45) is 5.92 Å². The Morgan fingerprint density at radius 2 is 1.70 bits per heavy atom. The number of carboxylic acid groups (broad SMARTS) is 1. The number of carbonyl (C=O) groups is 1. The Morgan fingerprint density at radius 1 is 1.05 bits per heavy atom. The maximum absolute atomic E-state index is 10.9. The Labute approximate surface area is 120 Å². The molecule has 2 fully saturated rings. The van der Waals surface area contributed by atoms with Crippen molar-refractivity contribution in [3.8, 4) is 0 Å². The molecule has 20 heavy (non-hydrogen) atoms. The number of nitrogens with one attached hydrogen (secondary N) is 1. The SMILES string of the molecule is O=C(O)C1CCC(NCc2ccc(C3CC3)cc2)CC1. The van der Waals surface area contributed by atoms with Gasteiger partial charge in [-0.1, -0.05) is 24.3 Å². The number of rotatable bonds is 5. The summed E-state index contributed by atoms with van der Waals surface area (Å²) in [5.41, 5.74) is 2.81. The molecule has 3 nitrogen and oxygen atoms in total. The van der Waals surface area contributed by atoms with Gasteiger partial charge in [0.25, 0.3) is 0 Å². The molecular formula is C17H23NO2. The lowest BCUT2D eigenvalue weighted by molar-refractivity contribution is -0.142. The van der Waals surface area contributed by atoms with Gasteiger partial charge in [0.05, 0.1) is 5.92 Å². The van der Waals surface area contributed by atoms with Crippen LogP contribution in [0.2, 0.25) is 0 Å². The zero-order chi connectivity index (χ0) is 13.9. The molecule has 0 aliphatic heterocycles. The lowest BCUT2D eigenvalue weighted by Gasteiger charge is -2.27. The lowest BCUT2D eigenvalue weighted by Crippen LogP contribution is -2.34. The van der Waals surface area contributed by atoms with Gasteiger partial charge in [0.1, 0.15) is 0 Å². The van der Waals surface area contributed by atoms with Gasteiger partial charge in [-0.05, 0) is 55.6 Å². The first-order valence-corrected chi connectivity index (χ1v) is 7.77. The number of carboxylic acids is 1. The van der Waals surface area contributed by atoms with Gasteiger partial charge in [-0.15, -0.1) is 0 Å².